The Bertz CT molecular complexity index is 1070. The molecule has 1 aliphatic carbocycles. The van der Waals surface area contributed by atoms with Gasteiger partial charge in [0, 0.05) is 18.0 Å². The van der Waals surface area contributed by atoms with Crippen LogP contribution in [0.1, 0.15) is 102 Å². The molecule has 1 N–H and O–H groups in total. The number of fused-ring (bicyclic) bond motifs is 1. The normalized spacial score (nSPS) is 21.3. The average Bonchev–Trinajstić information content (AvgIpc) is 3.07. The van der Waals surface area contributed by atoms with Gasteiger partial charge in [-0.2, -0.15) is 5.10 Å². The Hall–Kier alpha value is -2.83. The molecule has 2 heterocycles. The minimum absolute atomic E-state index is 0.0906. The Labute approximate surface area is 215 Å². The zero-order chi connectivity index (χ0) is 26.1. The largest absolute Gasteiger partial charge is 0.491 e. The molecule has 0 spiro atoms. The monoisotopic (exact) mass is 494 g/mol. The predicted octanol–water partition coefficient (Wildman–Crippen LogP) is 5.22. The van der Waals surface area contributed by atoms with E-state index in [4.69, 9.17) is 9.84 Å². The quantitative estimate of drug-likeness (QED) is 0.559. The molecule has 2 aromatic rings. The van der Waals surface area contributed by atoms with Gasteiger partial charge in [-0.3, -0.25) is 14.3 Å². The maximum atomic E-state index is 13.9. The second-order valence-corrected chi connectivity index (χ2v) is 12.0. The van der Waals surface area contributed by atoms with E-state index in [1.54, 1.807) is 9.58 Å². The molecule has 1 atom stereocenters. The SMILES string of the molecule is CC(C)Oc1ccc(CN2C(=O)c3cc(C(C)(C)C)nn3CC2(C)C(=O)NC2CCCCCC2)cc1. The molecule has 4 rings (SSSR count). The lowest BCUT2D eigenvalue weighted by Gasteiger charge is -2.44. The summed E-state index contributed by atoms with van der Waals surface area (Å²) in [6, 6.07) is 9.84. The maximum absolute atomic E-state index is 13.9. The molecular formula is C29H42N4O3. The molecule has 2 amide bonds. The number of hydrogen-bond acceptors (Lipinski definition) is 4. The minimum atomic E-state index is -1.05. The Kier molecular flexibility index (Phi) is 7.48. The molecule has 2 aliphatic rings. The molecule has 36 heavy (non-hydrogen) atoms. The van der Waals surface area contributed by atoms with Crippen molar-refractivity contribution in [3.63, 3.8) is 0 Å². The van der Waals surface area contributed by atoms with Crippen LogP contribution < -0.4 is 10.1 Å². The Morgan fingerprint density at radius 3 is 2.36 bits per heavy atom. The summed E-state index contributed by atoms with van der Waals surface area (Å²) in [4.78, 5) is 29.5. The first-order valence-corrected chi connectivity index (χ1v) is 13.4. The van der Waals surface area contributed by atoms with Crippen LogP contribution in [0.5, 0.6) is 5.75 Å². The van der Waals surface area contributed by atoms with E-state index in [2.05, 4.69) is 26.1 Å². The van der Waals surface area contributed by atoms with Gasteiger partial charge in [0.2, 0.25) is 5.91 Å². The highest BCUT2D eigenvalue weighted by molar-refractivity contribution is 5.99. The van der Waals surface area contributed by atoms with Crippen molar-refractivity contribution in [2.45, 2.75) is 116 Å². The van der Waals surface area contributed by atoms with Crippen molar-refractivity contribution in [3.8, 4) is 5.75 Å². The molecule has 1 saturated carbocycles. The lowest BCUT2D eigenvalue weighted by Crippen LogP contribution is -2.64. The lowest BCUT2D eigenvalue weighted by atomic mass is 9.91. The average molecular weight is 495 g/mol. The first kappa shape index (κ1) is 26.2. The van der Waals surface area contributed by atoms with Crippen molar-refractivity contribution in [1.82, 2.24) is 20.0 Å². The van der Waals surface area contributed by atoms with Crippen LogP contribution in [0.15, 0.2) is 30.3 Å². The van der Waals surface area contributed by atoms with Gasteiger partial charge in [0.1, 0.15) is 17.0 Å². The zero-order valence-corrected chi connectivity index (χ0v) is 22.8. The molecule has 1 aliphatic heterocycles. The van der Waals surface area contributed by atoms with Gasteiger partial charge in [-0.25, -0.2) is 0 Å². The van der Waals surface area contributed by atoms with Gasteiger partial charge in [0.15, 0.2) is 0 Å². The summed E-state index contributed by atoms with van der Waals surface area (Å²) < 4.78 is 7.52. The standard InChI is InChI=1S/C29H42N4O3/c1-20(2)36-23-15-13-21(14-16-23)18-32-26(34)24-17-25(28(3,4)5)31-33(24)19-29(32,6)27(35)30-22-11-9-7-8-10-12-22/h13-17,20,22H,7-12,18-19H2,1-6H3,(H,30,35). The number of hydrogen-bond donors (Lipinski definition) is 1. The fourth-order valence-electron chi connectivity index (χ4n) is 5.15. The van der Waals surface area contributed by atoms with E-state index < -0.39 is 5.54 Å². The summed E-state index contributed by atoms with van der Waals surface area (Å²) >= 11 is 0. The summed E-state index contributed by atoms with van der Waals surface area (Å²) in [5, 5.41) is 8.08. The third-order valence-electron chi connectivity index (χ3n) is 7.38. The maximum Gasteiger partial charge on any atom is 0.273 e. The van der Waals surface area contributed by atoms with E-state index >= 15 is 0 Å². The van der Waals surface area contributed by atoms with Crippen LogP contribution in [0.25, 0.3) is 0 Å². The third-order valence-corrected chi connectivity index (χ3v) is 7.38. The number of carbonyl (C=O) groups excluding carboxylic acids is 2. The van der Waals surface area contributed by atoms with Gasteiger partial charge < -0.3 is 15.0 Å². The Morgan fingerprint density at radius 2 is 1.78 bits per heavy atom. The van der Waals surface area contributed by atoms with Crippen molar-refractivity contribution < 1.29 is 14.3 Å². The zero-order valence-electron chi connectivity index (χ0n) is 22.8. The van der Waals surface area contributed by atoms with Gasteiger partial charge in [-0.1, -0.05) is 58.6 Å². The third kappa shape index (κ3) is 5.60. The number of aromatic nitrogens is 2. The molecule has 1 unspecified atom stereocenters. The summed E-state index contributed by atoms with van der Waals surface area (Å²) in [6.45, 7) is 12.8. The van der Waals surface area contributed by atoms with Gasteiger partial charge in [-0.05, 0) is 57.4 Å². The molecule has 7 nitrogen and oxygen atoms in total. The number of nitrogens with zero attached hydrogens (tertiary/aromatic N) is 3. The lowest BCUT2D eigenvalue weighted by molar-refractivity contribution is -0.134. The topological polar surface area (TPSA) is 76.5 Å². The van der Waals surface area contributed by atoms with Crippen molar-refractivity contribution in [2.24, 2.45) is 0 Å². The number of ether oxygens (including phenoxy) is 1. The second-order valence-electron chi connectivity index (χ2n) is 12.0. The molecule has 1 aromatic carbocycles. The number of benzene rings is 1. The van der Waals surface area contributed by atoms with Crippen molar-refractivity contribution >= 4 is 11.8 Å². The van der Waals surface area contributed by atoms with E-state index in [1.807, 2.05) is 51.1 Å². The molecule has 7 heteroatoms. The molecule has 196 valence electrons. The van der Waals surface area contributed by atoms with E-state index in [-0.39, 0.29) is 29.4 Å². The van der Waals surface area contributed by atoms with E-state index in [1.165, 1.54) is 12.8 Å². The molecule has 1 aromatic heterocycles. The van der Waals surface area contributed by atoms with Crippen LogP contribution in [0.4, 0.5) is 0 Å². The summed E-state index contributed by atoms with van der Waals surface area (Å²) in [5.74, 6) is 0.534. The van der Waals surface area contributed by atoms with Crippen LogP contribution in [-0.4, -0.2) is 44.2 Å². The highest BCUT2D eigenvalue weighted by Gasteiger charge is 2.48. The molecule has 0 radical (unpaired) electrons. The number of rotatable bonds is 6. The fraction of sp³-hybridized carbons (Fsp3) is 0.621. The van der Waals surface area contributed by atoms with E-state index in [9.17, 15) is 9.59 Å². The predicted molar refractivity (Wildman–Crippen MR) is 141 cm³/mol. The van der Waals surface area contributed by atoms with Crippen LogP contribution in [0.3, 0.4) is 0 Å². The molecule has 0 saturated heterocycles. The summed E-state index contributed by atoms with van der Waals surface area (Å²) in [5.41, 5.74) is 1.11. The Morgan fingerprint density at radius 1 is 1.14 bits per heavy atom. The van der Waals surface area contributed by atoms with Gasteiger partial charge in [0.25, 0.3) is 5.91 Å². The molecule has 1 fully saturated rings. The fourth-order valence-corrected chi connectivity index (χ4v) is 5.15. The molecular weight excluding hydrogens is 452 g/mol. The van der Waals surface area contributed by atoms with Gasteiger partial charge in [0.05, 0.1) is 18.3 Å². The molecule has 0 bridgehead atoms. The number of nitrogens with one attached hydrogen (secondary N) is 1. The second kappa shape index (κ2) is 10.3. The van der Waals surface area contributed by atoms with Crippen molar-refractivity contribution in [2.75, 3.05) is 0 Å². The van der Waals surface area contributed by atoms with Crippen LogP contribution in [0.2, 0.25) is 0 Å². The Balaban J connectivity index is 1.65. The van der Waals surface area contributed by atoms with E-state index in [0.29, 0.717) is 18.8 Å². The highest BCUT2D eigenvalue weighted by atomic mass is 16.5. The smallest absolute Gasteiger partial charge is 0.273 e. The van der Waals surface area contributed by atoms with Crippen LogP contribution >= 0.6 is 0 Å². The van der Waals surface area contributed by atoms with Gasteiger partial charge in [-0.15, -0.1) is 0 Å². The number of carbonyl (C=O) groups is 2. The first-order chi connectivity index (χ1) is 17.0. The first-order valence-electron chi connectivity index (χ1n) is 13.4. The summed E-state index contributed by atoms with van der Waals surface area (Å²) in [6.07, 6.45) is 6.78. The minimum Gasteiger partial charge on any atom is -0.491 e. The highest BCUT2D eigenvalue weighted by Crippen LogP contribution is 2.32. The summed E-state index contributed by atoms with van der Waals surface area (Å²) in [7, 11) is 0. The van der Waals surface area contributed by atoms with Crippen LogP contribution in [0, 0.1) is 0 Å². The number of amides is 2. The van der Waals surface area contributed by atoms with Gasteiger partial charge >= 0.3 is 0 Å². The van der Waals surface area contributed by atoms with E-state index in [0.717, 1.165) is 42.7 Å². The van der Waals surface area contributed by atoms with Crippen LogP contribution in [-0.2, 0) is 23.3 Å². The van der Waals surface area contributed by atoms with Crippen molar-refractivity contribution in [1.29, 1.82) is 0 Å². The van der Waals surface area contributed by atoms with Crippen molar-refractivity contribution in [3.05, 3.63) is 47.3 Å².